The summed E-state index contributed by atoms with van der Waals surface area (Å²) in [6.45, 7) is 6.16. The van der Waals surface area contributed by atoms with Crippen LogP contribution in [-0.4, -0.2) is 36.7 Å². The van der Waals surface area contributed by atoms with Gasteiger partial charge in [-0.2, -0.15) is 21.6 Å². The largest absolute Gasteiger partial charge is 0.534 e. The second-order valence-electron chi connectivity index (χ2n) is 9.96. The molecule has 206 valence electrons. The number of aromatic nitrogens is 1. The predicted molar refractivity (Wildman–Crippen MR) is 141 cm³/mol. The minimum Gasteiger partial charge on any atom is -0.497 e. The summed E-state index contributed by atoms with van der Waals surface area (Å²) in [6.07, 6.45) is 0. The third kappa shape index (κ3) is 5.58. The molecule has 39 heavy (non-hydrogen) atoms. The normalized spacial score (nSPS) is 12.5. The van der Waals surface area contributed by atoms with Crippen molar-refractivity contribution in [2.24, 2.45) is 0 Å². The summed E-state index contributed by atoms with van der Waals surface area (Å²) < 4.78 is 73.4. The van der Waals surface area contributed by atoms with Crippen molar-refractivity contribution >= 4 is 27.0 Å². The summed E-state index contributed by atoms with van der Waals surface area (Å²) in [7, 11) is -4.43. The number of hydrogen-bond acceptors (Lipinski definition) is 5. The van der Waals surface area contributed by atoms with Gasteiger partial charge in [-0.1, -0.05) is 57.2 Å². The number of alkyl halides is 3. The molecule has 0 aliphatic carbocycles. The van der Waals surface area contributed by atoms with Gasteiger partial charge in [-0.15, -0.1) is 0 Å². The lowest BCUT2D eigenvalue weighted by atomic mass is 9.86. The fourth-order valence-electron chi connectivity index (χ4n) is 4.33. The van der Waals surface area contributed by atoms with Gasteiger partial charge in [0.15, 0.2) is 0 Å². The number of methoxy groups -OCH3 is 1. The zero-order valence-corrected chi connectivity index (χ0v) is 22.4. The van der Waals surface area contributed by atoms with E-state index < -0.39 is 27.3 Å². The first-order valence-corrected chi connectivity index (χ1v) is 13.2. The first kappa shape index (κ1) is 28.0. The third-order valence-corrected chi connectivity index (χ3v) is 7.22. The summed E-state index contributed by atoms with van der Waals surface area (Å²) in [5.41, 5.74) is -3.15. The van der Waals surface area contributed by atoms with Crippen LogP contribution in [0.4, 0.5) is 13.2 Å². The number of ether oxygens (including phenoxy) is 1. The number of carbonyl (C=O) groups is 1. The molecule has 4 aromatic rings. The molecule has 0 unspecified atom stereocenters. The molecule has 0 saturated carbocycles. The fourth-order valence-corrected chi connectivity index (χ4v) is 4.78. The summed E-state index contributed by atoms with van der Waals surface area (Å²) in [4.78, 5) is 12.6. The third-order valence-electron chi connectivity index (χ3n) is 6.24. The molecule has 0 fully saturated rings. The van der Waals surface area contributed by atoms with Crippen molar-refractivity contribution in [2.75, 3.05) is 7.11 Å². The van der Waals surface area contributed by atoms with Crippen molar-refractivity contribution in [3.05, 3.63) is 83.6 Å². The number of fused-ring (bicyclic) bond motifs is 1. The van der Waals surface area contributed by atoms with Crippen LogP contribution in [0.15, 0.2) is 66.7 Å². The number of carboxylic acids is 1. The lowest BCUT2D eigenvalue weighted by molar-refractivity contribution is -0.0500. The lowest BCUT2D eigenvalue weighted by Crippen LogP contribution is -2.28. The van der Waals surface area contributed by atoms with Crippen LogP contribution < -0.4 is 8.92 Å². The maximum absolute atomic E-state index is 13.0. The topological polar surface area (TPSA) is 94.8 Å². The number of hydrogen-bond donors (Lipinski definition) is 1. The molecule has 0 spiro atoms. The Hall–Kier alpha value is -3.99. The number of nitrogens with zero attached hydrogens (tertiary/aromatic N) is 1. The van der Waals surface area contributed by atoms with E-state index in [1.165, 1.54) is 17.7 Å². The van der Waals surface area contributed by atoms with Crippen LogP contribution in [0.3, 0.4) is 0 Å². The van der Waals surface area contributed by atoms with Crippen molar-refractivity contribution < 1.29 is 40.4 Å². The summed E-state index contributed by atoms with van der Waals surface area (Å²) >= 11 is 0. The van der Waals surface area contributed by atoms with Gasteiger partial charge in [-0.25, -0.2) is 4.79 Å². The van der Waals surface area contributed by atoms with E-state index in [1.807, 2.05) is 32.9 Å². The second kappa shape index (κ2) is 9.96. The summed E-state index contributed by atoms with van der Waals surface area (Å²) in [6, 6.07) is 17.7. The van der Waals surface area contributed by atoms with Crippen molar-refractivity contribution in [3.63, 3.8) is 0 Å². The Morgan fingerprint density at radius 3 is 2.18 bits per heavy atom. The molecule has 11 heteroatoms. The molecule has 1 heterocycles. The number of carboxylic acid groups (broad SMARTS) is 1. The van der Waals surface area contributed by atoms with E-state index in [2.05, 4.69) is 4.18 Å². The number of aromatic carboxylic acids is 1. The highest BCUT2D eigenvalue weighted by Gasteiger charge is 2.48. The number of benzene rings is 3. The highest BCUT2D eigenvalue weighted by Crippen LogP contribution is 2.39. The van der Waals surface area contributed by atoms with Gasteiger partial charge in [0, 0.05) is 23.0 Å². The standard InChI is InChI=1S/C28H26F3NO6S/c1-27(2,3)19-10-8-18(9-11-19)24-22-15-21(38-39(35,36)28(29,30)31)12-13-23(22)32(25(24)26(33)34)16-17-6-5-7-20(14-17)37-4/h5-15H,16H2,1-4H3,(H,33,34). The molecular formula is C28H26F3NO6S. The zero-order chi connectivity index (χ0) is 28.8. The number of halogens is 3. The molecule has 7 nitrogen and oxygen atoms in total. The van der Waals surface area contributed by atoms with Crippen LogP contribution >= 0.6 is 0 Å². The molecule has 0 bridgehead atoms. The summed E-state index contributed by atoms with van der Waals surface area (Å²) in [5, 5.41) is 10.5. The second-order valence-corrected chi connectivity index (χ2v) is 11.5. The van der Waals surface area contributed by atoms with Crippen LogP contribution in [-0.2, 0) is 22.1 Å². The Morgan fingerprint density at radius 1 is 0.949 bits per heavy atom. The highest BCUT2D eigenvalue weighted by molar-refractivity contribution is 7.88. The van der Waals surface area contributed by atoms with Crippen molar-refractivity contribution in [2.45, 2.75) is 38.2 Å². The molecule has 4 rings (SSSR count). The van der Waals surface area contributed by atoms with Crippen LogP contribution in [0.1, 0.15) is 42.4 Å². The van der Waals surface area contributed by atoms with Gasteiger partial charge in [-0.05, 0) is 52.4 Å². The van der Waals surface area contributed by atoms with Gasteiger partial charge in [-0.3, -0.25) is 0 Å². The summed E-state index contributed by atoms with van der Waals surface area (Å²) in [5.74, 6) is -1.30. The van der Waals surface area contributed by atoms with Crippen molar-refractivity contribution in [3.8, 4) is 22.6 Å². The van der Waals surface area contributed by atoms with Gasteiger partial charge < -0.3 is 18.6 Å². The van der Waals surface area contributed by atoms with E-state index in [9.17, 15) is 31.5 Å². The van der Waals surface area contributed by atoms with Crippen LogP contribution in [0.2, 0.25) is 0 Å². The van der Waals surface area contributed by atoms with E-state index in [-0.39, 0.29) is 28.6 Å². The Labute approximate surface area is 223 Å². The number of rotatable bonds is 7. The Kier molecular flexibility index (Phi) is 7.16. The van der Waals surface area contributed by atoms with Crippen LogP contribution in [0.25, 0.3) is 22.0 Å². The van der Waals surface area contributed by atoms with Gasteiger partial charge >= 0.3 is 21.6 Å². The molecular weight excluding hydrogens is 535 g/mol. The molecule has 0 amide bonds. The maximum Gasteiger partial charge on any atom is 0.534 e. The van der Waals surface area contributed by atoms with Crippen molar-refractivity contribution in [1.82, 2.24) is 4.57 Å². The van der Waals surface area contributed by atoms with E-state index in [1.54, 1.807) is 36.4 Å². The van der Waals surface area contributed by atoms with E-state index in [0.717, 1.165) is 17.7 Å². The van der Waals surface area contributed by atoms with E-state index in [0.29, 0.717) is 22.4 Å². The quantitative estimate of drug-likeness (QED) is 0.202. The molecule has 0 atom stereocenters. The SMILES string of the molecule is COc1cccc(Cn2c(C(=O)O)c(-c3ccc(C(C)(C)C)cc3)c3cc(OS(=O)(=O)C(F)(F)F)ccc32)c1. The van der Waals surface area contributed by atoms with Gasteiger partial charge in [0.25, 0.3) is 0 Å². The van der Waals surface area contributed by atoms with Crippen LogP contribution in [0.5, 0.6) is 11.5 Å². The Bertz CT molecular complexity index is 1650. The predicted octanol–water partition coefficient (Wildman–Crippen LogP) is 6.59. The molecule has 0 radical (unpaired) electrons. The minimum absolute atomic E-state index is 0.0937. The lowest BCUT2D eigenvalue weighted by Gasteiger charge is -2.19. The van der Waals surface area contributed by atoms with Gasteiger partial charge in [0.1, 0.15) is 17.2 Å². The van der Waals surface area contributed by atoms with Crippen LogP contribution in [0, 0.1) is 0 Å². The Balaban J connectivity index is 1.98. The first-order chi connectivity index (χ1) is 18.1. The maximum atomic E-state index is 13.0. The average molecular weight is 562 g/mol. The smallest absolute Gasteiger partial charge is 0.497 e. The molecule has 0 saturated heterocycles. The molecule has 1 aromatic heterocycles. The van der Waals surface area contributed by atoms with Gasteiger partial charge in [0.2, 0.25) is 0 Å². The zero-order valence-electron chi connectivity index (χ0n) is 21.5. The van der Waals surface area contributed by atoms with Crippen molar-refractivity contribution in [1.29, 1.82) is 0 Å². The average Bonchev–Trinajstić information content (AvgIpc) is 3.16. The molecule has 0 aliphatic rings. The van der Waals surface area contributed by atoms with Gasteiger partial charge in [0.05, 0.1) is 7.11 Å². The Morgan fingerprint density at radius 2 is 1.62 bits per heavy atom. The molecule has 0 aliphatic heterocycles. The van der Waals surface area contributed by atoms with E-state index >= 15 is 0 Å². The fraction of sp³-hybridized carbons (Fsp3) is 0.250. The molecule has 1 N–H and O–H groups in total. The minimum atomic E-state index is -5.93. The molecule has 3 aromatic carbocycles. The van der Waals surface area contributed by atoms with E-state index in [4.69, 9.17) is 4.74 Å². The highest BCUT2D eigenvalue weighted by atomic mass is 32.2. The first-order valence-electron chi connectivity index (χ1n) is 11.8. The monoisotopic (exact) mass is 561 g/mol.